The maximum absolute atomic E-state index is 12.4. The minimum atomic E-state index is -0.416. The van der Waals surface area contributed by atoms with Crippen LogP contribution in [-0.4, -0.2) is 48.6 Å². The molecule has 0 radical (unpaired) electrons. The van der Waals surface area contributed by atoms with Crippen LogP contribution in [0.3, 0.4) is 0 Å². The van der Waals surface area contributed by atoms with Crippen LogP contribution in [0.25, 0.3) is 0 Å². The number of hydrogen-bond acceptors (Lipinski definition) is 6. The molecule has 24 heavy (non-hydrogen) atoms. The number of esters is 1. The van der Waals surface area contributed by atoms with Crippen molar-refractivity contribution < 1.29 is 19.1 Å². The van der Waals surface area contributed by atoms with Crippen molar-refractivity contribution in [3.8, 4) is 0 Å². The van der Waals surface area contributed by atoms with Crippen molar-refractivity contribution in [3.05, 3.63) is 16.1 Å². The maximum Gasteiger partial charge on any atom is 0.357 e. The van der Waals surface area contributed by atoms with Crippen LogP contribution in [0.15, 0.2) is 5.38 Å². The van der Waals surface area contributed by atoms with Gasteiger partial charge in [-0.1, -0.05) is 19.8 Å². The van der Waals surface area contributed by atoms with E-state index in [1.165, 1.54) is 11.3 Å². The fraction of sp³-hybridized carbons (Fsp3) is 0.706. The summed E-state index contributed by atoms with van der Waals surface area (Å²) in [6.07, 6.45) is 4.39. The van der Waals surface area contributed by atoms with E-state index in [9.17, 15) is 9.59 Å². The molecule has 0 aliphatic carbocycles. The second kappa shape index (κ2) is 12.0. The quantitative estimate of drug-likeness (QED) is 0.425. The molecule has 1 heterocycles. The first-order chi connectivity index (χ1) is 11.6. The number of unbranched alkanes of at least 4 members (excludes halogenated alkanes) is 2. The number of amides is 1. The van der Waals surface area contributed by atoms with E-state index in [0.717, 1.165) is 30.7 Å². The topological polar surface area (TPSA) is 68.7 Å². The van der Waals surface area contributed by atoms with Gasteiger partial charge in [0.15, 0.2) is 5.69 Å². The molecule has 0 bridgehead atoms. The summed E-state index contributed by atoms with van der Waals surface area (Å²) in [5.74, 6) is -0.285. The van der Waals surface area contributed by atoms with Crippen LogP contribution in [0.2, 0.25) is 0 Å². The Kier molecular flexibility index (Phi) is 10.3. The fourth-order valence-corrected chi connectivity index (χ4v) is 3.00. The van der Waals surface area contributed by atoms with Gasteiger partial charge < -0.3 is 14.4 Å². The minimum absolute atomic E-state index is 0.132. The van der Waals surface area contributed by atoms with Crippen molar-refractivity contribution >= 4 is 23.2 Å². The fourth-order valence-electron chi connectivity index (χ4n) is 2.22. The highest BCUT2D eigenvalue weighted by Crippen LogP contribution is 2.15. The molecule has 0 aliphatic heterocycles. The van der Waals surface area contributed by atoms with Gasteiger partial charge in [0.1, 0.15) is 5.01 Å². The standard InChI is InChI=1S/C17H28N2O4S/c1-4-6-7-9-16(20)19(10-8-11-22-3)12-15-18-14(13-24-15)17(21)23-5-2/h13H,4-12H2,1-3H3. The second-order valence-corrected chi connectivity index (χ2v) is 6.41. The molecule has 0 spiro atoms. The molecule has 0 aliphatic rings. The van der Waals surface area contributed by atoms with Gasteiger partial charge in [-0.2, -0.15) is 0 Å². The molecule has 0 saturated carbocycles. The van der Waals surface area contributed by atoms with Crippen LogP contribution in [-0.2, 0) is 20.8 Å². The summed E-state index contributed by atoms with van der Waals surface area (Å²) in [6, 6.07) is 0. The highest BCUT2D eigenvalue weighted by molar-refractivity contribution is 7.09. The van der Waals surface area contributed by atoms with E-state index in [1.807, 2.05) is 4.90 Å². The summed E-state index contributed by atoms with van der Waals surface area (Å²) >= 11 is 1.38. The molecule has 1 aromatic heterocycles. The lowest BCUT2D eigenvalue weighted by molar-refractivity contribution is -0.132. The molecule has 0 fully saturated rings. The third-order valence-electron chi connectivity index (χ3n) is 3.49. The highest BCUT2D eigenvalue weighted by Gasteiger charge is 2.17. The van der Waals surface area contributed by atoms with E-state index in [0.29, 0.717) is 38.4 Å². The first kappa shape index (κ1) is 20.6. The zero-order valence-corrected chi connectivity index (χ0v) is 15.7. The van der Waals surface area contributed by atoms with Gasteiger partial charge in [-0.05, 0) is 19.8 Å². The number of carbonyl (C=O) groups is 2. The Bertz CT molecular complexity index is 505. The smallest absolute Gasteiger partial charge is 0.357 e. The number of hydrogen-bond donors (Lipinski definition) is 0. The number of nitrogens with zero attached hydrogens (tertiary/aromatic N) is 2. The summed E-state index contributed by atoms with van der Waals surface area (Å²) in [6.45, 7) is 5.88. The highest BCUT2D eigenvalue weighted by atomic mass is 32.1. The summed E-state index contributed by atoms with van der Waals surface area (Å²) in [5.41, 5.74) is 0.312. The lowest BCUT2D eigenvalue weighted by Gasteiger charge is -2.21. The van der Waals surface area contributed by atoms with Crippen LogP contribution < -0.4 is 0 Å². The Balaban J connectivity index is 2.65. The number of methoxy groups -OCH3 is 1. The Morgan fingerprint density at radius 3 is 2.71 bits per heavy atom. The molecule has 0 aromatic carbocycles. The van der Waals surface area contributed by atoms with Crippen molar-refractivity contribution in [2.75, 3.05) is 26.9 Å². The Morgan fingerprint density at radius 1 is 1.25 bits per heavy atom. The Morgan fingerprint density at radius 2 is 2.04 bits per heavy atom. The van der Waals surface area contributed by atoms with Gasteiger partial charge >= 0.3 is 5.97 Å². The van der Waals surface area contributed by atoms with Crippen molar-refractivity contribution in [1.82, 2.24) is 9.88 Å². The van der Waals surface area contributed by atoms with E-state index in [4.69, 9.17) is 9.47 Å². The largest absolute Gasteiger partial charge is 0.461 e. The van der Waals surface area contributed by atoms with E-state index in [1.54, 1.807) is 19.4 Å². The molecule has 1 amide bonds. The minimum Gasteiger partial charge on any atom is -0.461 e. The predicted molar refractivity (Wildman–Crippen MR) is 94.1 cm³/mol. The van der Waals surface area contributed by atoms with Crippen LogP contribution in [0.4, 0.5) is 0 Å². The molecular formula is C17H28N2O4S. The SMILES string of the molecule is CCCCCC(=O)N(CCCOC)Cc1nc(C(=O)OCC)cs1. The molecule has 136 valence electrons. The third-order valence-corrected chi connectivity index (χ3v) is 4.32. The molecule has 0 atom stereocenters. The van der Waals surface area contributed by atoms with Crippen molar-refractivity contribution in [3.63, 3.8) is 0 Å². The first-order valence-corrected chi connectivity index (χ1v) is 9.38. The number of carbonyl (C=O) groups excluding carboxylic acids is 2. The van der Waals surface area contributed by atoms with E-state index >= 15 is 0 Å². The van der Waals surface area contributed by atoms with Crippen molar-refractivity contribution in [2.45, 2.75) is 52.5 Å². The van der Waals surface area contributed by atoms with Gasteiger partial charge in [-0.15, -0.1) is 11.3 Å². The van der Waals surface area contributed by atoms with Gasteiger partial charge in [0, 0.05) is 32.1 Å². The third kappa shape index (κ3) is 7.40. The molecule has 6 nitrogen and oxygen atoms in total. The number of ether oxygens (including phenoxy) is 2. The summed E-state index contributed by atoms with van der Waals surface area (Å²) in [7, 11) is 1.65. The lowest BCUT2D eigenvalue weighted by Crippen LogP contribution is -2.32. The van der Waals surface area contributed by atoms with Gasteiger partial charge in [-0.3, -0.25) is 4.79 Å². The van der Waals surface area contributed by atoms with Gasteiger partial charge in [0.2, 0.25) is 5.91 Å². The molecule has 1 aromatic rings. The molecular weight excluding hydrogens is 328 g/mol. The van der Waals surface area contributed by atoms with Gasteiger partial charge in [0.05, 0.1) is 13.2 Å². The molecule has 7 heteroatoms. The number of thiazole rings is 1. The number of rotatable bonds is 12. The second-order valence-electron chi connectivity index (χ2n) is 5.47. The molecule has 1 rings (SSSR count). The van der Waals surface area contributed by atoms with Crippen LogP contribution >= 0.6 is 11.3 Å². The zero-order chi connectivity index (χ0) is 17.8. The summed E-state index contributed by atoms with van der Waals surface area (Å²) in [5, 5.41) is 2.43. The summed E-state index contributed by atoms with van der Waals surface area (Å²) in [4.78, 5) is 30.2. The first-order valence-electron chi connectivity index (χ1n) is 8.50. The van der Waals surface area contributed by atoms with Gasteiger partial charge in [0.25, 0.3) is 0 Å². The molecule has 0 unspecified atom stereocenters. The van der Waals surface area contributed by atoms with Crippen molar-refractivity contribution in [2.24, 2.45) is 0 Å². The van der Waals surface area contributed by atoms with E-state index in [-0.39, 0.29) is 5.91 Å². The Hall–Kier alpha value is -1.47. The maximum atomic E-state index is 12.4. The van der Waals surface area contributed by atoms with Crippen molar-refractivity contribution in [1.29, 1.82) is 0 Å². The summed E-state index contributed by atoms with van der Waals surface area (Å²) < 4.78 is 10.0. The number of aromatic nitrogens is 1. The normalized spacial score (nSPS) is 10.6. The molecule has 0 saturated heterocycles. The van der Waals surface area contributed by atoms with E-state index in [2.05, 4.69) is 11.9 Å². The van der Waals surface area contributed by atoms with Crippen LogP contribution in [0, 0.1) is 0 Å². The lowest BCUT2D eigenvalue weighted by atomic mass is 10.2. The zero-order valence-electron chi connectivity index (χ0n) is 14.9. The van der Waals surface area contributed by atoms with Crippen LogP contribution in [0.5, 0.6) is 0 Å². The monoisotopic (exact) mass is 356 g/mol. The predicted octanol–water partition coefficient (Wildman–Crippen LogP) is 3.27. The average molecular weight is 356 g/mol. The average Bonchev–Trinajstić information content (AvgIpc) is 3.03. The Labute approximate surface area is 148 Å². The molecule has 0 N–H and O–H groups in total. The van der Waals surface area contributed by atoms with Crippen LogP contribution in [0.1, 0.15) is 61.4 Å². The van der Waals surface area contributed by atoms with E-state index < -0.39 is 5.97 Å². The van der Waals surface area contributed by atoms with Gasteiger partial charge in [-0.25, -0.2) is 9.78 Å².